The second-order valence-corrected chi connectivity index (χ2v) is 5.82. The van der Waals surface area contributed by atoms with Crippen LogP contribution in [0.1, 0.15) is 18.4 Å². The Hall–Kier alpha value is -2.53. The second-order valence-electron chi connectivity index (χ2n) is 5.82. The first-order chi connectivity index (χ1) is 11.7. The first-order valence-electron chi connectivity index (χ1n) is 8.18. The molecule has 126 valence electrons. The average Bonchev–Trinajstić information content (AvgIpc) is 2.62. The summed E-state index contributed by atoms with van der Waals surface area (Å²) in [4.78, 5) is 13.4. The molecule has 2 aliphatic heterocycles. The Labute approximate surface area is 142 Å². The summed E-state index contributed by atoms with van der Waals surface area (Å²) in [7, 11) is 0. The molecule has 5 heteroatoms. The summed E-state index contributed by atoms with van der Waals surface area (Å²) >= 11 is 0. The molecule has 2 heterocycles. The SMILES string of the molecule is NC(=O)N1CCCC(OCC2C=CC=CO2)C1=Cc1ccccc1. The van der Waals surface area contributed by atoms with Gasteiger partial charge < -0.3 is 15.2 Å². The van der Waals surface area contributed by atoms with Crippen molar-refractivity contribution in [3.63, 3.8) is 0 Å². The number of urea groups is 1. The van der Waals surface area contributed by atoms with E-state index in [9.17, 15) is 4.79 Å². The number of primary amides is 1. The maximum Gasteiger partial charge on any atom is 0.319 e. The molecule has 3 rings (SSSR count). The first kappa shape index (κ1) is 16.3. The molecule has 1 aromatic carbocycles. The molecular formula is C19H22N2O3. The normalized spacial score (nSPS) is 24.8. The number of nitrogens with zero attached hydrogens (tertiary/aromatic N) is 1. The van der Waals surface area contributed by atoms with Crippen molar-refractivity contribution in [3.8, 4) is 0 Å². The summed E-state index contributed by atoms with van der Waals surface area (Å²) in [5, 5.41) is 0. The highest BCUT2D eigenvalue weighted by Crippen LogP contribution is 2.26. The van der Waals surface area contributed by atoms with Crippen LogP contribution < -0.4 is 5.73 Å². The third-order valence-electron chi connectivity index (χ3n) is 4.10. The predicted molar refractivity (Wildman–Crippen MR) is 92.8 cm³/mol. The van der Waals surface area contributed by atoms with Crippen LogP contribution in [0.15, 0.2) is 60.5 Å². The smallest absolute Gasteiger partial charge is 0.319 e. The molecule has 2 unspecified atom stereocenters. The maximum atomic E-state index is 11.8. The predicted octanol–water partition coefficient (Wildman–Crippen LogP) is 3.06. The van der Waals surface area contributed by atoms with E-state index in [4.69, 9.17) is 15.2 Å². The number of likely N-dealkylation sites (tertiary alicyclic amines) is 1. The number of hydrogen-bond acceptors (Lipinski definition) is 3. The van der Waals surface area contributed by atoms with Gasteiger partial charge in [0.05, 0.1) is 24.7 Å². The molecule has 2 atom stereocenters. The van der Waals surface area contributed by atoms with Gasteiger partial charge in [-0.25, -0.2) is 4.79 Å². The van der Waals surface area contributed by atoms with Crippen LogP contribution in [-0.2, 0) is 9.47 Å². The fraction of sp³-hybridized carbons (Fsp3) is 0.316. The van der Waals surface area contributed by atoms with Crippen LogP contribution in [-0.4, -0.2) is 36.3 Å². The molecular weight excluding hydrogens is 304 g/mol. The number of amides is 2. The van der Waals surface area contributed by atoms with Crippen molar-refractivity contribution in [2.24, 2.45) is 5.73 Å². The summed E-state index contributed by atoms with van der Waals surface area (Å²) in [6.45, 7) is 1.06. The monoisotopic (exact) mass is 326 g/mol. The summed E-state index contributed by atoms with van der Waals surface area (Å²) < 4.78 is 11.5. The Bertz CT molecular complexity index is 652. The standard InChI is InChI=1S/C19H22N2O3/c20-19(22)21-11-6-10-18(24-14-16-9-4-5-12-23-16)17(21)13-15-7-2-1-3-8-15/h1-5,7-9,12-13,16,18H,6,10-11,14H2,(H2,20,22). The van der Waals surface area contributed by atoms with E-state index in [0.29, 0.717) is 13.2 Å². The van der Waals surface area contributed by atoms with Gasteiger partial charge in [0.1, 0.15) is 6.10 Å². The van der Waals surface area contributed by atoms with Gasteiger partial charge in [-0.1, -0.05) is 36.4 Å². The molecule has 1 aromatic rings. The minimum Gasteiger partial charge on any atom is -0.492 e. The molecule has 1 saturated heterocycles. The highest BCUT2D eigenvalue weighted by atomic mass is 16.5. The molecule has 5 nitrogen and oxygen atoms in total. The number of ether oxygens (including phenoxy) is 2. The number of hydrogen-bond donors (Lipinski definition) is 1. The van der Waals surface area contributed by atoms with Crippen LogP contribution in [0.3, 0.4) is 0 Å². The summed E-state index contributed by atoms with van der Waals surface area (Å²) in [6, 6.07) is 9.44. The number of nitrogens with two attached hydrogens (primary N) is 1. The number of rotatable bonds is 4. The third-order valence-corrected chi connectivity index (χ3v) is 4.10. The molecule has 2 amide bonds. The van der Waals surface area contributed by atoms with Gasteiger partial charge in [0, 0.05) is 6.54 Å². The van der Waals surface area contributed by atoms with E-state index >= 15 is 0 Å². The van der Waals surface area contributed by atoms with E-state index in [1.54, 1.807) is 11.2 Å². The third kappa shape index (κ3) is 4.06. The maximum absolute atomic E-state index is 11.8. The van der Waals surface area contributed by atoms with E-state index in [2.05, 4.69) is 0 Å². The van der Waals surface area contributed by atoms with Crippen molar-refractivity contribution in [3.05, 3.63) is 66.1 Å². The van der Waals surface area contributed by atoms with Gasteiger partial charge in [-0.15, -0.1) is 0 Å². The number of carbonyl (C=O) groups excluding carboxylic acids is 1. The first-order valence-corrected chi connectivity index (χ1v) is 8.18. The number of benzene rings is 1. The highest BCUT2D eigenvalue weighted by Gasteiger charge is 2.29. The van der Waals surface area contributed by atoms with Crippen molar-refractivity contribution in [1.82, 2.24) is 4.90 Å². The zero-order chi connectivity index (χ0) is 16.8. The lowest BCUT2D eigenvalue weighted by Crippen LogP contribution is -2.44. The van der Waals surface area contributed by atoms with Gasteiger partial charge in [0.25, 0.3) is 0 Å². The lowest BCUT2D eigenvalue weighted by molar-refractivity contribution is -0.00386. The van der Waals surface area contributed by atoms with Gasteiger partial charge in [-0.2, -0.15) is 0 Å². The van der Waals surface area contributed by atoms with Gasteiger partial charge in [0.15, 0.2) is 0 Å². The van der Waals surface area contributed by atoms with Gasteiger partial charge in [-0.05, 0) is 36.6 Å². The molecule has 1 fully saturated rings. The Kier molecular flexibility index (Phi) is 5.33. The lowest BCUT2D eigenvalue weighted by Gasteiger charge is -2.35. The molecule has 0 aliphatic carbocycles. The Morgan fingerprint density at radius 1 is 1.33 bits per heavy atom. The molecule has 0 spiro atoms. The van der Waals surface area contributed by atoms with Crippen LogP contribution in [0.2, 0.25) is 0 Å². The average molecular weight is 326 g/mol. The van der Waals surface area contributed by atoms with Crippen molar-refractivity contribution < 1.29 is 14.3 Å². The quantitative estimate of drug-likeness (QED) is 0.925. The zero-order valence-electron chi connectivity index (χ0n) is 13.5. The summed E-state index contributed by atoms with van der Waals surface area (Å²) in [6.07, 6.45) is 10.8. The van der Waals surface area contributed by atoms with E-state index in [1.807, 2.05) is 54.6 Å². The van der Waals surface area contributed by atoms with Crippen LogP contribution in [0.5, 0.6) is 0 Å². The van der Waals surface area contributed by atoms with Crippen LogP contribution in [0.25, 0.3) is 6.08 Å². The highest BCUT2D eigenvalue weighted by molar-refractivity contribution is 5.76. The van der Waals surface area contributed by atoms with Gasteiger partial charge >= 0.3 is 6.03 Å². The number of allylic oxidation sites excluding steroid dienone is 2. The molecule has 0 saturated carbocycles. The van der Waals surface area contributed by atoms with Gasteiger partial charge in [0.2, 0.25) is 0 Å². The van der Waals surface area contributed by atoms with Crippen LogP contribution >= 0.6 is 0 Å². The van der Waals surface area contributed by atoms with Crippen molar-refractivity contribution in [1.29, 1.82) is 0 Å². The molecule has 0 radical (unpaired) electrons. The van der Waals surface area contributed by atoms with Crippen molar-refractivity contribution in [2.75, 3.05) is 13.2 Å². The zero-order valence-corrected chi connectivity index (χ0v) is 13.5. The van der Waals surface area contributed by atoms with Crippen LogP contribution in [0.4, 0.5) is 4.79 Å². The Morgan fingerprint density at radius 2 is 2.17 bits per heavy atom. The number of carbonyl (C=O) groups is 1. The topological polar surface area (TPSA) is 64.8 Å². The van der Waals surface area contributed by atoms with E-state index in [-0.39, 0.29) is 12.2 Å². The second kappa shape index (κ2) is 7.84. The largest absolute Gasteiger partial charge is 0.492 e. The van der Waals surface area contributed by atoms with Crippen molar-refractivity contribution in [2.45, 2.75) is 25.0 Å². The van der Waals surface area contributed by atoms with Crippen LogP contribution in [0, 0.1) is 0 Å². The molecule has 2 N–H and O–H groups in total. The Balaban J connectivity index is 1.76. The molecule has 0 aromatic heterocycles. The van der Waals surface area contributed by atoms with Gasteiger partial charge in [-0.3, -0.25) is 4.90 Å². The molecule has 24 heavy (non-hydrogen) atoms. The minimum absolute atomic E-state index is 0.100. The molecule has 0 bridgehead atoms. The van der Waals surface area contributed by atoms with E-state index in [0.717, 1.165) is 24.1 Å². The van der Waals surface area contributed by atoms with Crippen molar-refractivity contribution >= 4 is 12.1 Å². The van der Waals surface area contributed by atoms with E-state index < -0.39 is 6.03 Å². The lowest BCUT2D eigenvalue weighted by atomic mass is 10.0. The molecule has 2 aliphatic rings. The fourth-order valence-corrected chi connectivity index (χ4v) is 2.91. The Morgan fingerprint density at radius 3 is 2.88 bits per heavy atom. The number of piperidine rings is 1. The summed E-state index contributed by atoms with van der Waals surface area (Å²) in [5.41, 5.74) is 7.39. The fourth-order valence-electron chi connectivity index (χ4n) is 2.91. The summed E-state index contributed by atoms with van der Waals surface area (Å²) in [5.74, 6) is 0. The minimum atomic E-state index is -0.442. The van der Waals surface area contributed by atoms with E-state index in [1.165, 1.54) is 0 Å².